The molecule has 2 aromatic rings. The molecule has 0 aliphatic carbocycles. The molecule has 0 radical (unpaired) electrons. The van der Waals surface area contributed by atoms with Crippen LogP contribution in [0.2, 0.25) is 0 Å². The van der Waals surface area contributed by atoms with E-state index in [2.05, 4.69) is 34.2 Å². The second-order valence-electron chi connectivity index (χ2n) is 4.98. The average molecular weight is 307 g/mol. The fourth-order valence-corrected chi connectivity index (χ4v) is 3.06. The smallest absolute Gasteiger partial charge is 0.220 e. The van der Waals surface area contributed by atoms with Gasteiger partial charge < -0.3 is 5.32 Å². The van der Waals surface area contributed by atoms with Crippen LogP contribution in [-0.4, -0.2) is 25.7 Å². The van der Waals surface area contributed by atoms with E-state index in [1.54, 1.807) is 22.3 Å². The summed E-state index contributed by atoms with van der Waals surface area (Å²) in [5.41, 5.74) is 1.05. The Morgan fingerprint density at radius 3 is 2.86 bits per heavy atom. The lowest BCUT2D eigenvalue weighted by Gasteiger charge is -2.14. The van der Waals surface area contributed by atoms with E-state index in [1.165, 1.54) is 11.2 Å². The molecule has 6 nitrogen and oxygen atoms in total. The summed E-state index contributed by atoms with van der Waals surface area (Å²) in [7, 11) is 0. The maximum Gasteiger partial charge on any atom is 0.220 e. The van der Waals surface area contributed by atoms with Gasteiger partial charge >= 0.3 is 0 Å². The Morgan fingerprint density at radius 2 is 2.29 bits per heavy atom. The van der Waals surface area contributed by atoms with Crippen LogP contribution in [0.5, 0.6) is 0 Å². The van der Waals surface area contributed by atoms with Crippen LogP contribution in [0.4, 0.5) is 0 Å². The van der Waals surface area contributed by atoms with Gasteiger partial charge in [0.15, 0.2) is 0 Å². The predicted molar refractivity (Wildman–Crippen MR) is 82.0 cm³/mol. The molecule has 1 N–H and O–H groups in total. The molecule has 0 saturated carbocycles. The molecule has 0 aliphatic heterocycles. The van der Waals surface area contributed by atoms with E-state index in [9.17, 15) is 4.79 Å². The van der Waals surface area contributed by atoms with Crippen LogP contribution in [0.1, 0.15) is 47.8 Å². The fourth-order valence-electron chi connectivity index (χ4n) is 2.00. The number of aromatic nitrogens is 4. The summed E-state index contributed by atoms with van der Waals surface area (Å²) in [4.78, 5) is 21.7. The molecule has 1 atom stereocenters. The van der Waals surface area contributed by atoms with Crippen LogP contribution < -0.4 is 5.32 Å². The SMILES string of the molecule is CC[C@@H](NC(=O)CCCn1cncn1)c1nc(C)c(C)s1. The number of aryl methyl sites for hydroxylation is 3. The van der Waals surface area contributed by atoms with Gasteiger partial charge in [-0.2, -0.15) is 5.10 Å². The maximum absolute atomic E-state index is 12.0. The van der Waals surface area contributed by atoms with Crippen LogP contribution in [-0.2, 0) is 11.3 Å². The lowest BCUT2D eigenvalue weighted by Crippen LogP contribution is -2.28. The minimum absolute atomic E-state index is 0.0151. The molecular weight excluding hydrogens is 286 g/mol. The highest BCUT2D eigenvalue weighted by molar-refractivity contribution is 7.11. The Balaban J connectivity index is 1.82. The van der Waals surface area contributed by atoms with Crippen molar-refractivity contribution in [3.8, 4) is 0 Å². The quantitative estimate of drug-likeness (QED) is 0.852. The molecule has 1 amide bonds. The molecule has 0 saturated heterocycles. The van der Waals surface area contributed by atoms with Crippen molar-refractivity contribution in [2.75, 3.05) is 0 Å². The van der Waals surface area contributed by atoms with Crippen molar-refractivity contribution in [2.24, 2.45) is 0 Å². The third-order valence-electron chi connectivity index (χ3n) is 3.34. The lowest BCUT2D eigenvalue weighted by atomic mass is 10.2. The van der Waals surface area contributed by atoms with Gasteiger partial charge in [-0.25, -0.2) is 9.97 Å². The van der Waals surface area contributed by atoms with Crippen molar-refractivity contribution in [3.63, 3.8) is 0 Å². The van der Waals surface area contributed by atoms with Crippen molar-refractivity contribution in [1.82, 2.24) is 25.1 Å². The Labute approximate surface area is 128 Å². The molecule has 2 aromatic heterocycles. The Bertz CT molecular complexity index is 559. The van der Waals surface area contributed by atoms with Crippen LogP contribution in [0.15, 0.2) is 12.7 Å². The zero-order valence-corrected chi connectivity index (χ0v) is 13.5. The van der Waals surface area contributed by atoms with Crippen molar-refractivity contribution >= 4 is 17.2 Å². The van der Waals surface area contributed by atoms with Gasteiger partial charge in [0, 0.05) is 17.8 Å². The Kier molecular flexibility index (Phi) is 5.44. The molecule has 0 spiro atoms. The molecule has 0 aliphatic rings. The van der Waals surface area contributed by atoms with Crippen LogP contribution in [0.25, 0.3) is 0 Å². The number of hydrogen-bond donors (Lipinski definition) is 1. The number of hydrogen-bond acceptors (Lipinski definition) is 5. The summed E-state index contributed by atoms with van der Waals surface area (Å²) in [5.74, 6) is 0.0625. The number of carbonyl (C=O) groups is 1. The van der Waals surface area contributed by atoms with Crippen molar-refractivity contribution in [1.29, 1.82) is 0 Å². The van der Waals surface area contributed by atoms with Crippen LogP contribution >= 0.6 is 11.3 Å². The Hall–Kier alpha value is -1.76. The largest absolute Gasteiger partial charge is 0.347 e. The number of thiazole rings is 1. The van der Waals surface area contributed by atoms with Crippen LogP contribution in [0, 0.1) is 13.8 Å². The molecule has 0 aromatic carbocycles. The highest BCUT2D eigenvalue weighted by Gasteiger charge is 2.17. The molecule has 0 bridgehead atoms. The van der Waals surface area contributed by atoms with Crippen molar-refractivity contribution < 1.29 is 4.79 Å². The highest BCUT2D eigenvalue weighted by atomic mass is 32.1. The molecule has 0 unspecified atom stereocenters. The van der Waals surface area contributed by atoms with Gasteiger partial charge in [-0.3, -0.25) is 9.48 Å². The first-order chi connectivity index (χ1) is 10.1. The number of nitrogens with one attached hydrogen (secondary N) is 1. The molecule has 2 heterocycles. The van der Waals surface area contributed by atoms with E-state index < -0.39 is 0 Å². The van der Waals surface area contributed by atoms with E-state index in [-0.39, 0.29) is 11.9 Å². The van der Waals surface area contributed by atoms with Gasteiger partial charge in [0.05, 0.1) is 11.7 Å². The molecule has 2 rings (SSSR count). The second kappa shape index (κ2) is 7.31. The first-order valence-electron chi connectivity index (χ1n) is 7.15. The maximum atomic E-state index is 12.0. The molecule has 7 heteroatoms. The van der Waals surface area contributed by atoms with Gasteiger partial charge in [-0.05, 0) is 26.7 Å². The molecule has 114 valence electrons. The number of carbonyl (C=O) groups excluding carboxylic acids is 1. The number of amides is 1. The third-order valence-corrected chi connectivity index (χ3v) is 4.53. The summed E-state index contributed by atoms with van der Waals surface area (Å²) in [6.45, 7) is 6.83. The predicted octanol–water partition coefficient (Wildman–Crippen LogP) is 2.40. The highest BCUT2D eigenvalue weighted by Crippen LogP contribution is 2.24. The first kappa shape index (κ1) is 15.6. The van der Waals surface area contributed by atoms with Gasteiger partial charge in [-0.15, -0.1) is 11.3 Å². The minimum Gasteiger partial charge on any atom is -0.347 e. The van der Waals surface area contributed by atoms with Gasteiger partial charge in [0.25, 0.3) is 0 Å². The number of rotatable bonds is 7. The van der Waals surface area contributed by atoms with E-state index in [0.29, 0.717) is 13.0 Å². The zero-order chi connectivity index (χ0) is 15.2. The van der Waals surface area contributed by atoms with Gasteiger partial charge in [-0.1, -0.05) is 6.92 Å². The first-order valence-corrected chi connectivity index (χ1v) is 7.97. The molecular formula is C14H21N5OS. The normalized spacial score (nSPS) is 12.3. The monoisotopic (exact) mass is 307 g/mol. The summed E-state index contributed by atoms with van der Waals surface area (Å²) >= 11 is 1.66. The second-order valence-corrected chi connectivity index (χ2v) is 6.22. The van der Waals surface area contributed by atoms with Gasteiger partial charge in [0.2, 0.25) is 5.91 Å². The summed E-state index contributed by atoms with van der Waals surface area (Å²) < 4.78 is 1.73. The summed E-state index contributed by atoms with van der Waals surface area (Å²) in [6.07, 6.45) is 5.25. The standard InChI is InChI=1S/C14H21N5OS/c1-4-12(14-17-10(2)11(3)21-14)18-13(20)6-5-7-19-9-15-8-16-19/h8-9,12H,4-7H2,1-3H3,(H,18,20)/t12-/m1/s1. The lowest BCUT2D eigenvalue weighted by molar-refractivity contribution is -0.122. The summed E-state index contributed by atoms with van der Waals surface area (Å²) in [6, 6.07) is 0.0151. The average Bonchev–Trinajstić information content (AvgIpc) is 3.07. The number of nitrogens with zero attached hydrogens (tertiary/aromatic N) is 4. The molecule has 0 fully saturated rings. The van der Waals surface area contributed by atoms with Crippen molar-refractivity contribution in [2.45, 2.75) is 52.6 Å². The van der Waals surface area contributed by atoms with E-state index in [1.807, 2.05) is 6.92 Å². The fraction of sp³-hybridized carbons (Fsp3) is 0.571. The van der Waals surface area contributed by atoms with Crippen molar-refractivity contribution in [3.05, 3.63) is 28.2 Å². The Morgan fingerprint density at radius 1 is 1.48 bits per heavy atom. The van der Waals surface area contributed by atoms with Crippen LogP contribution in [0.3, 0.4) is 0 Å². The third kappa shape index (κ3) is 4.35. The zero-order valence-electron chi connectivity index (χ0n) is 12.7. The van der Waals surface area contributed by atoms with E-state index >= 15 is 0 Å². The summed E-state index contributed by atoms with van der Waals surface area (Å²) in [5, 5.41) is 8.08. The van der Waals surface area contributed by atoms with Gasteiger partial charge in [0.1, 0.15) is 17.7 Å². The molecule has 21 heavy (non-hydrogen) atoms. The van der Waals surface area contributed by atoms with E-state index in [0.717, 1.165) is 23.5 Å². The topological polar surface area (TPSA) is 72.7 Å². The van der Waals surface area contributed by atoms with E-state index in [4.69, 9.17) is 0 Å². The minimum atomic E-state index is 0.0151.